The highest BCUT2D eigenvalue weighted by atomic mass is 35.5. The van der Waals surface area contributed by atoms with Gasteiger partial charge in [0.05, 0.1) is 23.9 Å². The van der Waals surface area contributed by atoms with Crippen molar-refractivity contribution in [2.75, 3.05) is 32.8 Å². The summed E-state index contributed by atoms with van der Waals surface area (Å²) in [6, 6.07) is 7.50. The molecule has 0 aliphatic carbocycles. The van der Waals surface area contributed by atoms with E-state index in [1.54, 1.807) is 7.05 Å². The standard InChI is InChI=1S/C22H25ClN6O3/c1-14-15(2)29-18-19(24-21(29)28(14)17-7-5-4-6-16(17)23)25(3)22(31)27(20(18)30)9-8-26-10-12-32-13-11-26/h4-7H,8-13H2,1-3H3. The molecule has 32 heavy (non-hydrogen) atoms. The van der Waals surface area contributed by atoms with Crippen LogP contribution in [0.2, 0.25) is 5.02 Å². The zero-order valence-electron chi connectivity index (χ0n) is 18.3. The fourth-order valence-corrected chi connectivity index (χ4v) is 4.66. The maximum absolute atomic E-state index is 13.5. The average molecular weight is 457 g/mol. The number of morpholine rings is 1. The van der Waals surface area contributed by atoms with Gasteiger partial charge in [0.2, 0.25) is 5.78 Å². The number of halogens is 1. The normalized spacial score (nSPS) is 15.2. The molecule has 0 radical (unpaired) electrons. The van der Waals surface area contributed by atoms with Gasteiger partial charge in [-0.3, -0.25) is 27.8 Å². The first-order chi connectivity index (χ1) is 15.4. The lowest BCUT2D eigenvalue weighted by Gasteiger charge is -2.26. The number of fused-ring (bicyclic) bond motifs is 3. The van der Waals surface area contributed by atoms with E-state index in [2.05, 4.69) is 4.90 Å². The highest BCUT2D eigenvalue weighted by Gasteiger charge is 2.24. The number of hydrogen-bond donors (Lipinski definition) is 0. The van der Waals surface area contributed by atoms with E-state index in [4.69, 9.17) is 21.3 Å². The Hall–Kier alpha value is -2.88. The van der Waals surface area contributed by atoms with E-state index in [9.17, 15) is 9.59 Å². The van der Waals surface area contributed by atoms with Gasteiger partial charge in [0.25, 0.3) is 5.56 Å². The van der Waals surface area contributed by atoms with E-state index >= 15 is 0 Å². The van der Waals surface area contributed by atoms with E-state index in [-0.39, 0.29) is 11.2 Å². The van der Waals surface area contributed by atoms with Gasteiger partial charge < -0.3 is 4.74 Å². The van der Waals surface area contributed by atoms with Crippen LogP contribution in [0.3, 0.4) is 0 Å². The van der Waals surface area contributed by atoms with Crippen LogP contribution in [0.25, 0.3) is 22.6 Å². The van der Waals surface area contributed by atoms with Gasteiger partial charge >= 0.3 is 5.69 Å². The molecule has 1 aliphatic heterocycles. The van der Waals surface area contributed by atoms with E-state index in [0.29, 0.717) is 48.3 Å². The number of imidazole rings is 2. The zero-order chi connectivity index (χ0) is 22.6. The van der Waals surface area contributed by atoms with Crippen molar-refractivity contribution < 1.29 is 4.74 Å². The molecule has 0 amide bonds. The Balaban J connectivity index is 1.72. The molecule has 0 spiro atoms. The van der Waals surface area contributed by atoms with Crippen LogP contribution >= 0.6 is 11.6 Å². The third kappa shape index (κ3) is 3.11. The predicted octanol–water partition coefficient (Wildman–Crippen LogP) is 1.74. The van der Waals surface area contributed by atoms with Crippen LogP contribution in [0.15, 0.2) is 33.9 Å². The summed E-state index contributed by atoms with van der Waals surface area (Å²) in [5, 5.41) is 0.581. The smallest absolute Gasteiger partial charge is 0.332 e. The summed E-state index contributed by atoms with van der Waals surface area (Å²) in [6.07, 6.45) is 0. The topological polar surface area (TPSA) is 78.7 Å². The molecule has 1 aliphatic rings. The van der Waals surface area contributed by atoms with E-state index in [1.165, 1.54) is 9.13 Å². The number of hydrogen-bond acceptors (Lipinski definition) is 5. The van der Waals surface area contributed by atoms with Crippen LogP contribution in [-0.2, 0) is 18.3 Å². The van der Waals surface area contributed by atoms with Crippen molar-refractivity contribution in [2.24, 2.45) is 7.05 Å². The van der Waals surface area contributed by atoms with Crippen molar-refractivity contribution in [1.82, 2.24) is 28.0 Å². The fourth-order valence-electron chi connectivity index (χ4n) is 4.44. The monoisotopic (exact) mass is 456 g/mol. The summed E-state index contributed by atoms with van der Waals surface area (Å²) >= 11 is 6.47. The molecule has 4 aromatic rings. The number of rotatable bonds is 4. The Morgan fingerprint density at radius 2 is 1.78 bits per heavy atom. The number of para-hydroxylation sites is 1. The van der Waals surface area contributed by atoms with Gasteiger partial charge in [-0.1, -0.05) is 23.7 Å². The van der Waals surface area contributed by atoms with Gasteiger partial charge in [0.1, 0.15) is 0 Å². The van der Waals surface area contributed by atoms with Crippen molar-refractivity contribution in [2.45, 2.75) is 20.4 Å². The van der Waals surface area contributed by atoms with Crippen molar-refractivity contribution in [3.63, 3.8) is 0 Å². The van der Waals surface area contributed by atoms with E-state index in [1.807, 2.05) is 47.1 Å². The van der Waals surface area contributed by atoms with Crippen molar-refractivity contribution in [3.05, 3.63) is 61.5 Å². The number of aromatic nitrogens is 5. The SMILES string of the molecule is Cc1c(C)n2c3c(=O)n(CCN4CCOCC4)c(=O)n(C)c3nc2n1-c1ccccc1Cl. The average Bonchev–Trinajstić information content (AvgIpc) is 3.29. The molecule has 1 fully saturated rings. The molecule has 0 atom stereocenters. The summed E-state index contributed by atoms with van der Waals surface area (Å²) in [6.45, 7) is 7.78. The van der Waals surface area contributed by atoms with E-state index in [0.717, 1.165) is 30.2 Å². The van der Waals surface area contributed by atoms with Crippen LogP contribution in [-0.4, -0.2) is 60.8 Å². The lowest BCUT2D eigenvalue weighted by atomic mass is 10.3. The van der Waals surface area contributed by atoms with Gasteiger partial charge in [-0.05, 0) is 26.0 Å². The second-order valence-electron chi connectivity index (χ2n) is 8.13. The minimum Gasteiger partial charge on any atom is -0.379 e. The van der Waals surface area contributed by atoms with Gasteiger partial charge in [-0.25, -0.2) is 4.79 Å². The Morgan fingerprint density at radius 1 is 1.06 bits per heavy atom. The Morgan fingerprint density at radius 3 is 2.50 bits per heavy atom. The number of ether oxygens (including phenoxy) is 1. The summed E-state index contributed by atoms with van der Waals surface area (Å²) < 4.78 is 11.9. The first kappa shape index (κ1) is 21.0. The van der Waals surface area contributed by atoms with Crippen LogP contribution in [0, 0.1) is 13.8 Å². The fraction of sp³-hybridized carbons (Fsp3) is 0.409. The Bertz CT molecular complexity index is 1450. The lowest BCUT2D eigenvalue weighted by Crippen LogP contribution is -2.44. The predicted molar refractivity (Wildman–Crippen MR) is 123 cm³/mol. The summed E-state index contributed by atoms with van der Waals surface area (Å²) in [5.41, 5.74) is 2.64. The molecule has 1 saturated heterocycles. The molecule has 1 aromatic carbocycles. The molecule has 3 aromatic heterocycles. The van der Waals surface area contributed by atoms with Gasteiger partial charge in [-0.15, -0.1) is 0 Å². The van der Waals surface area contributed by atoms with Crippen molar-refractivity contribution >= 4 is 28.5 Å². The second-order valence-corrected chi connectivity index (χ2v) is 8.54. The Labute approximate surface area is 189 Å². The third-order valence-corrected chi connectivity index (χ3v) is 6.68. The molecule has 4 heterocycles. The molecule has 0 bridgehead atoms. The summed E-state index contributed by atoms with van der Waals surface area (Å²) in [4.78, 5) is 33.5. The zero-order valence-corrected chi connectivity index (χ0v) is 19.1. The minimum absolute atomic E-state index is 0.317. The second kappa shape index (κ2) is 7.91. The minimum atomic E-state index is -0.366. The van der Waals surface area contributed by atoms with Crippen molar-refractivity contribution in [1.29, 1.82) is 0 Å². The Kier molecular flexibility index (Phi) is 5.19. The van der Waals surface area contributed by atoms with Crippen LogP contribution in [0.1, 0.15) is 11.4 Å². The molecule has 168 valence electrons. The number of benzene rings is 1. The van der Waals surface area contributed by atoms with Crippen molar-refractivity contribution in [3.8, 4) is 5.69 Å². The highest BCUT2D eigenvalue weighted by molar-refractivity contribution is 6.32. The third-order valence-electron chi connectivity index (χ3n) is 6.36. The highest BCUT2D eigenvalue weighted by Crippen LogP contribution is 2.28. The molecule has 0 unspecified atom stereocenters. The quantitative estimate of drug-likeness (QED) is 0.467. The summed E-state index contributed by atoms with van der Waals surface area (Å²) in [5.74, 6) is 0.557. The molecule has 5 rings (SSSR count). The summed E-state index contributed by atoms with van der Waals surface area (Å²) in [7, 11) is 1.66. The number of nitrogens with zero attached hydrogens (tertiary/aromatic N) is 6. The first-order valence-electron chi connectivity index (χ1n) is 10.6. The van der Waals surface area contributed by atoms with Gasteiger partial charge in [0.15, 0.2) is 11.2 Å². The molecule has 10 heteroatoms. The maximum Gasteiger partial charge on any atom is 0.332 e. The molecule has 0 saturated carbocycles. The van der Waals surface area contributed by atoms with Gasteiger partial charge in [0, 0.05) is 44.6 Å². The van der Waals surface area contributed by atoms with Crippen LogP contribution < -0.4 is 11.2 Å². The molecule has 0 N–H and O–H groups in total. The molecule has 9 nitrogen and oxygen atoms in total. The largest absolute Gasteiger partial charge is 0.379 e. The van der Waals surface area contributed by atoms with Crippen LogP contribution in [0.4, 0.5) is 0 Å². The van der Waals surface area contributed by atoms with Crippen LogP contribution in [0.5, 0.6) is 0 Å². The van der Waals surface area contributed by atoms with E-state index < -0.39 is 0 Å². The molecular formula is C22H25ClN6O3. The maximum atomic E-state index is 13.5. The number of aryl methyl sites for hydroxylation is 2. The molecular weight excluding hydrogens is 432 g/mol. The van der Waals surface area contributed by atoms with Gasteiger partial charge in [-0.2, -0.15) is 4.98 Å². The first-order valence-corrected chi connectivity index (χ1v) is 11.0. The lowest BCUT2D eigenvalue weighted by molar-refractivity contribution is 0.0361.